The van der Waals surface area contributed by atoms with Gasteiger partial charge in [-0.15, -0.1) is 0 Å². The van der Waals surface area contributed by atoms with Crippen molar-refractivity contribution in [3.8, 4) is 0 Å². The van der Waals surface area contributed by atoms with Crippen molar-refractivity contribution < 1.29 is 4.74 Å². The molecule has 78 valence electrons. The van der Waals surface area contributed by atoms with Crippen LogP contribution in [-0.2, 0) is 4.74 Å². The van der Waals surface area contributed by atoms with Crippen LogP contribution in [0.5, 0.6) is 0 Å². The Labute approximate surface area is 86.3 Å². The van der Waals surface area contributed by atoms with Crippen LogP contribution in [0.2, 0.25) is 0 Å². The molecule has 0 amide bonds. The fourth-order valence-corrected chi connectivity index (χ4v) is 0.865. The van der Waals surface area contributed by atoms with E-state index in [4.69, 9.17) is 16.3 Å². The van der Waals surface area contributed by atoms with Gasteiger partial charge in [-0.25, -0.2) is 0 Å². The number of hydrogen-bond acceptors (Lipinski definition) is 2. The summed E-state index contributed by atoms with van der Waals surface area (Å²) in [5.74, 6) is 0.615. The third-order valence-electron chi connectivity index (χ3n) is 1.46. The Kier molecular flexibility index (Phi) is 8.51. The van der Waals surface area contributed by atoms with Crippen LogP contribution in [0.25, 0.3) is 0 Å². The van der Waals surface area contributed by atoms with Crippen molar-refractivity contribution in [3.05, 3.63) is 11.1 Å². The second kappa shape index (κ2) is 8.54. The van der Waals surface area contributed by atoms with Crippen molar-refractivity contribution in [2.45, 2.75) is 20.8 Å². The van der Waals surface area contributed by atoms with Crippen molar-refractivity contribution in [3.63, 3.8) is 0 Å². The van der Waals surface area contributed by atoms with Crippen LogP contribution in [0.15, 0.2) is 11.1 Å². The first-order chi connectivity index (χ1) is 6.16. The van der Waals surface area contributed by atoms with Crippen LogP contribution in [0.3, 0.4) is 0 Å². The van der Waals surface area contributed by atoms with Gasteiger partial charge in [-0.2, -0.15) is 0 Å². The molecular weight excluding hydrogens is 186 g/mol. The Bertz CT molecular complexity index is 146. The summed E-state index contributed by atoms with van der Waals surface area (Å²) in [5, 5.41) is 3.23. The molecule has 0 aromatic rings. The molecule has 0 aliphatic carbocycles. The van der Waals surface area contributed by atoms with Crippen LogP contribution >= 0.6 is 11.6 Å². The molecule has 1 N–H and O–H groups in total. The fourth-order valence-electron chi connectivity index (χ4n) is 0.788. The van der Waals surface area contributed by atoms with Crippen molar-refractivity contribution in [2.75, 3.05) is 26.3 Å². The lowest BCUT2D eigenvalue weighted by atomic mass is 10.2. The smallest absolute Gasteiger partial charge is 0.0591 e. The van der Waals surface area contributed by atoms with Crippen LogP contribution < -0.4 is 5.32 Å². The average molecular weight is 206 g/mol. The van der Waals surface area contributed by atoms with E-state index >= 15 is 0 Å². The maximum atomic E-state index is 5.50. The summed E-state index contributed by atoms with van der Waals surface area (Å²) in [4.78, 5) is 0. The second-order valence-electron chi connectivity index (χ2n) is 3.60. The summed E-state index contributed by atoms with van der Waals surface area (Å²) in [6, 6.07) is 0. The van der Waals surface area contributed by atoms with Crippen LogP contribution in [0.1, 0.15) is 20.8 Å². The third kappa shape index (κ3) is 9.87. The Morgan fingerprint density at radius 1 is 1.54 bits per heavy atom. The number of hydrogen-bond donors (Lipinski definition) is 1. The average Bonchev–Trinajstić information content (AvgIpc) is 2.10. The normalized spacial score (nSPS) is 12.5. The molecule has 0 unspecified atom stereocenters. The largest absolute Gasteiger partial charge is 0.380 e. The maximum Gasteiger partial charge on any atom is 0.0591 e. The molecule has 0 aliphatic heterocycles. The Morgan fingerprint density at radius 3 is 2.77 bits per heavy atom. The number of nitrogens with one attached hydrogen (secondary N) is 1. The summed E-state index contributed by atoms with van der Waals surface area (Å²) in [7, 11) is 0. The van der Waals surface area contributed by atoms with Gasteiger partial charge in [-0.05, 0) is 18.4 Å². The molecule has 0 spiro atoms. The van der Waals surface area contributed by atoms with E-state index in [0.29, 0.717) is 5.92 Å². The van der Waals surface area contributed by atoms with E-state index in [1.807, 2.05) is 6.92 Å². The molecule has 0 heterocycles. The summed E-state index contributed by atoms with van der Waals surface area (Å²) >= 11 is 5.50. The van der Waals surface area contributed by atoms with E-state index in [0.717, 1.165) is 31.9 Å². The monoisotopic (exact) mass is 205 g/mol. The highest BCUT2D eigenvalue weighted by atomic mass is 35.5. The second-order valence-corrected chi connectivity index (χ2v) is 3.82. The highest BCUT2D eigenvalue weighted by molar-refractivity contribution is 6.25. The van der Waals surface area contributed by atoms with E-state index in [1.165, 1.54) is 0 Å². The molecule has 0 bridgehead atoms. The van der Waals surface area contributed by atoms with Gasteiger partial charge < -0.3 is 10.1 Å². The molecule has 0 aromatic heterocycles. The Balaban J connectivity index is 3.09. The standard InChI is InChI=1S/C10H20ClNO/c1-9(2)8-13-5-4-12-7-10(3)6-11/h6,9,12H,4-5,7-8H2,1-3H3. The lowest BCUT2D eigenvalue weighted by Gasteiger charge is -2.07. The van der Waals surface area contributed by atoms with E-state index in [-0.39, 0.29) is 0 Å². The maximum absolute atomic E-state index is 5.50. The fraction of sp³-hybridized carbons (Fsp3) is 0.800. The van der Waals surface area contributed by atoms with Gasteiger partial charge in [-0.1, -0.05) is 25.4 Å². The molecule has 3 heteroatoms. The van der Waals surface area contributed by atoms with E-state index in [1.54, 1.807) is 5.54 Å². The molecule has 0 fully saturated rings. The molecule has 0 aliphatic rings. The molecule has 0 saturated carbocycles. The molecule has 2 nitrogen and oxygen atoms in total. The lowest BCUT2D eigenvalue weighted by Crippen LogP contribution is -2.22. The minimum Gasteiger partial charge on any atom is -0.380 e. The van der Waals surface area contributed by atoms with Crippen LogP contribution in [0.4, 0.5) is 0 Å². The van der Waals surface area contributed by atoms with E-state index < -0.39 is 0 Å². The predicted molar refractivity (Wildman–Crippen MR) is 58.1 cm³/mol. The molecule has 0 radical (unpaired) electrons. The Hall–Kier alpha value is -0.0500. The first-order valence-corrected chi connectivity index (χ1v) is 5.14. The van der Waals surface area contributed by atoms with Gasteiger partial charge in [0.2, 0.25) is 0 Å². The van der Waals surface area contributed by atoms with E-state index in [9.17, 15) is 0 Å². The van der Waals surface area contributed by atoms with E-state index in [2.05, 4.69) is 19.2 Å². The van der Waals surface area contributed by atoms with Crippen molar-refractivity contribution in [2.24, 2.45) is 5.92 Å². The van der Waals surface area contributed by atoms with Gasteiger partial charge in [0.25, 0.3) is 0 Å². The molecule has 0 aromatic carbocycles. The van der Waals surface area contributed by atoms with Crippen molar-refractivity contribution in [1.29, 1.82) is 0 Å². The number of ether oxygens (including phenoxy) is 1. The lowest BCUT2D eigenvalue weighted by molar-refractivity contribution is 0.112. The summed E-state index contributed by atoms with van der Waals surface area (Å²) in [6.07, 6.45) is 0. The van der Waals surface area contributed by atoms with Crippen molar-refractivity contribution in [1.82, 2.24) is 5.32 Å². The van der Waals surface area contributed by atoms with Crippen LogP contribution in [-0.4, -0.2) is 26.3 Å². The summed E-state index contributed by atoms with van der Waals surface area (Å²) < 4.78 is 5.40. The summed E-state index contributed by atoms with van der Waals surface area (Å²) in [6.45, 7) is 9.62. The zero-order valence-electron chi connectivity index (χ0n) is 8.77. The predicted octanol–water partition coefficient (Wildman–Crippen LogP) is 2.39. The Morgan fingerprint density at radius 2 is 2.23 bits per heavy atom. The van der Waals surface area contributed by atoms with Crippen LogP contribution in [0, 0.1) is 5.92 Å². The minimum absolute atomic E-state index is 0.615. The van der Waals surface area contributed by atoms with Gasteiger partial charge in [0, 0.05) is 25.2 Å². The van der Waals surface area contributed by atoms with Gasteiger partial charge in [-0.3, -0.25) is 0 Å². The number of rotatable bonds is 7. The van der Waals surface area contributed by atoms with Gasteiger partial charge in [0.15, 0.2) is 0 Å². The van der Waals surface area contributed by atoms with Gasteiger partial charge >= 0.3 is 0 Å². The highest BCUT2D eigenvalue weighted by Crippen LogP contribution is 1.93. The van der Waals surface area contributed by atoms with Gasteiger partial charge in [0.1, 0.15) is 0 Å². The first-order valence-electron chi connectivity index (χ1n) is 4.71. The molecule has 13 heavy (non-hydrogen) atoms. The highest BCUT2D eigenvalue weighted by Gasteiger charge is 1.93. The molecule has 0 atom stereocenters. The zero-order chi connectivity index (χ0) is 10.1. The summed E-state index contributed by atoms with van der Waals surface area (Å²) in [5.41, 5.74) is 2.74. The molecule has 0 saturated heterocycles. The minimum atomic E-state index is 0.615. The van der Waals surface area contributed by atoms with Crippen molar-refractivity contribution >= 4 is 11.6 Å². The van der Waals surface area contributed by atoms with Gasteiger partial charge in [0.05, 0.1) is 6.61 Å². The third-order valence-corrected chi connectivity index (χ3v) is 1.84. The topological polar surface area (TPSA) is 21.3 Å². The molecular formula is C10H20ClNO. The SMILES string of the molecule is CC(=CCl)CNCCOCC(C)C. The first kappa shape index (κ1) is 12.9. The number of halogens is 1. The molecule has 0 rings (SSSR count). The quantitative estimate of drug-likeness (QED) is 0.645. The zero-order valence-corrected chi connectivity index (χ0v) is 9.53.